The van der Waals surface area contributed by atoms with Crippen LogP contribution in [0.3, 0.4) is 0 Å². The zero-order valence-corrected chi connectivity index (χ0v) is 25.5. The summed E-state index contributed by atoms with van der Waals surface area (Å²) in [6, 6.07) is 26.1. The van der Waals surface area contributed by atoms with Crippen LogP contribution in [0.1, 0.15) is 57.3 Å². The standard InChI is InChI=1S/C36H35BrN2O2/c1-22-8-13-33-31(17-22)29-6-5-7-30(29)35(39-33)27-9-11-28(12-10-27)38-20-25-18-32(37)36(34(19-25)40-4)41-21-26-15-23(2)14-24(3)16-26/h5-6,8-20,29-30,35,39H,7,21H2,1-4H3/t29-,30-,35-/m0/s1. The first-order chi connectivity index (χ1) is 19.9. The molecule has 0 saturated carbocycles. The minimum absolute atomic E-state index is 0.278. The van der Waals surface area contributed by atoms with Crippen molar-refractivity contribution in [1.29, 1.82) is 0 Å². The van der Waals surface area contributed by atoms with Crippen LogP contribution in [0.15, 0.2) is 94.4 Å². The molecule has 1 N–H and O–H groups in total. The first-order valence-electron chi connectivity index (χ1n) is 14.1. The molecule has 1 aliphatic carbocycles. The van der Waals surface area contributed by atoms with E-state index in [1.165, 1.54) is 33.5 Å². The minimum Gasteiger partial charge on any atom is -0.493 e. The number of halogens is 1. The zero-order chi connectivity index (χ0) is 28.5. The van der Waals surface area contributed by atoms with Gasteiger partial charge in [0.25, 0.3) is 0 Å². The number of nitrogens with zero attached hydrogens (tertiary/aromatic N) is 1. The maximum Gasteiger partial charge on any atom is 0.175 e. The van der Waals surface area contributed by atoms with Crippen molar-refractivity contribution < 1.29 is 9.47 Å². The Hall–Kier alpha value is -3.83. The Morgan fingerprint density at radius 1 is 0.927 bits per heavy atom. The van der Waals surface area contributed by atoms with E-state index in [1.807, 2.05) is 18.3 Å². The van der Waals surface area contributed by atoms with E-state index in [0.29, 0.717) is 29.9 Å². The number of aryl methyl sites for hydroxylation is 3. The van der Waals surface area contributed by atoms with Crippen molar-refractivity contribution in [2.75, 3.05) is 12.4 Å². The van der Waals surface area contributed by atoms with E-state index in [1.54, 1.807) is 7.11 Å². The van der Waals surface area contributed by atoms with Gasteiger partial charge in [0.05, 0.1) is 23.3 Å². The monoisotopic (exact) mass is 606 g/mol. The summed E-state index contributed by atoms with van der Waals surface area (Å²) in [7, 11) is 1.66. The van der Waals surface area contributed by atoms with Gasteiger partial charge in [-0.05, 0) is 102 Å². The molecule has 5 heteroatoms. The van der Waals surface area contributed by atoms with E-state index in [-0.39, 0.29) is 6.04 Å². The summed E-state index contributed by atoms with van der Waals surface area (Å²) in [6.07, 6.45) is 7.69. The zero-order valence-electron chi connectivity index (χ0n) is 23.9. The van der Waals surface area contributed by atoms with Crippen molar-refractivity contribution in [3.05, 3.63) is 128 Å². The fraction of sp³-hybridized carbons (Fsp3) is 0.250. The molecular weight excluding hydrogens is 572 g/mol. The molecule has 3 atom stereocenters. The van der Waals surface area contributed by atoms with Crippen LogP contribution in [-0.4, -0.2) is 13.3 Å². The molecule has 0 fully saturated rings. The molecule has 0 unspecified atom stereocenters. The van der Waals surface area contributed by atoms with Crippen molar-refractivity contribution in [2.45, 2.75) is 45.8 Å². The highest BCUT2D eigenvalue weighted by molar-refractivity contribution is 9.10. The van der Waals surface area contributed by atoms with Crippen LogP contribution in [0.4, 0.5) is 11.4 Å². The van der Waals surface area contributed by atoms with Crippen LogP contribution in [-0.2, 0) is 6.61 Å². The fourth-order valence-electron chi connectivity index (χ4n) is 6.22. The smallest absolute Gasteiger partial charge is 0.175 e. The van der Waals surface area contributed by atoms with Crippen molar-refractivity contribution in [3.8, 4) is 11.5 Å². The van der Waals surface area contributed by atoms with E-state index >= 15 is 0 Å². The molecule has 0 amide bonds. The first-order valence-corrected chi connectivity index (χ1v) is 14.9. The van der Waals surface area contributed by atoms with Gasteiger partial charge < -0.3 is 14.8 Å². The van der Waals surface area contributed by atoms with E-state index < -0.39 is 0 Å². The molecule has 1 heterocycles. The van der Waals surface area contributed by atoms with Crippen LogP contribution in [0, 0.1) is 26.7 Å². The Morgan fingerprint density at radius 3 is 2.46 bits per heavy atom. The molecule has 4 nitrogen and oxygen atoms in total. The molecule has 0 aromatic heterocycles. The molecule has 0 radical (unpaired) electrons. The van der Waals surface area contributed by atoms with Gasteiger partial charge >= 0.3 is 0 Å². The molecule has 0 saturated heterocycles. The highest BCUT2D eigenvalue weighted by Crippen LogP contribution is 2.50. The maximum absolute atomic E-state index is 6.17. The number of nitrogens with one attached hydrogen (secondary N) is 1. The summed E-state index contributed by atoms with van der Waals surface area (Å²) in [4.78, 5) is 4.76. The highest BCUT2D eigenvalue weighted by atomic mass is 79.9. The van der Waals surface area contributed by atoms with Gasteiger partial charge in [0.2, 0.25) is 0 Å². The van der Waals surface area contributed by atoms with Crippen molar-refractivity contribution >= 4 is 33.5 Å². The van der Waals surface area contributed by atoms with Gasteiger partial charge in [-0.1, -0.05) is 71.3 Å². The Balaban J connectivity index is 1.17. The summed E-state index contributed by atoms with van der Waals surface area (Å²) >= 11 is 3.68. The minimum atomic E-state index is 0.278. The van der Waals surface area contributed by atoms with Gasteiger partial charge in [-0.25, -0.2) is 0 Å². The lowest BCUT2D eigenvalue weighted by Crippen LogP contribution is -2.29. The van der Waals surface area contributed by atoms with Crippen molar-refractivity contribution in [1.82, 2.24) is 0 Å². The van der Waals surface area contributed by atoms with E-state index in [0.717, 1.165) is 27.7 Å². The van der Waals surface area contributed by atoms with Crippen LogP contribution in [0.25, 0.3) is 0 Å². The molecule has 4 aromatic carbocycles. The lowest BCUT2D eigenvalue weighted by Gasteiger charge is -2.37. The summed E-state index contributed by atoms with van der Waals surface area (Å²) in [5, 5.41) is 3.83. The third kappa shape index (κ3) is 5.82. The summed E-state index contributed by atoms with van der Waals surface area (Å²) in [5.41, 5.74) is 10.7. The van der Waals surface area contributed by atoms with Crippen LogP contribution in [0.5, 0.6) is 11.5 Å². The number of methoxy groups -OCH3 is 1. The van der Waals surface area contributed by atoms with Crippen LogP contribution >= 0.6 is 15.9 Å². The Morgan fingerprint density at radius 2 is 1.71 bits per heavy atom. The quantitative estimate of drug-likeness (QED) is 0.168. The van der Waals surface area contributed by atoms with Crippen LogP contribution < -0.4 is 14.8 Å². The number of hydrogen-bond acceptors (Lipinski definition) is 4. The van der Waals surface area contributed by atoms with Crippen molar-refractivity contribution in [2.24, 2.45) is 10.9 Å². The lowest BCUT2D eigenvalue weighted by molar-refractivity contribution is 0.282. The van der Waals surface area contributed by atoms with Gasteiger partial charge in [0.15, 0.2) is 11.5 Å². The second-order valence-electron chi connectivity index (χ2n) is 11.2. The average Bonchev–Trinajstić information content (AvgIpc) is 3.45. The second kappa shape index (κ2) is 11.6. The summed E-state index contributed by atoms with van der Waals surface area (Å²) in [6.45, 7) is 6.84. The molecular formula is C36H35BrN2O2. The molecule has 2 aliphatic rings. The topological polar surface area (TPSA) is 42.8 Å². The number of hydrogen-bond donors (Lipinski definition) is 1. The van der Waals surface area contributed by atoms with Gasteiger partial charge in [0.1, 0.15) is 6.61 Å². The normalized spacial score (nSPS) is 19.1. The predicted octanol–water partition coefficient (Wildman–Crippen LogP) is 9.54. The number of rotatable bonds is 7. The molecule has 1 aliphatic heterocycles. The molecule has 41 heavy (non-hydrogen) atoms. The number of allylic oxidation sites excluding steroid dienone is 2. The molecule has 0 bridgehead atoms. The molecule has 4 aromatic rings. The van der Waals surface area contributed by atoms with Gasteiger partial charge in [-0.15, -0.1) is 0 Å². The second-order valence-corrected chi connectivity index (χ2v) is 12.1. The Kier molecular flexibility index (Phi) is 7.72. The van der Waals surface area contributed by atoms with Gasteiger partial charge in [-0.3, -0.25) is 4.99 Å². The number of aliphatic imine (C=N–C) groups is 1. The SMILES string of the molecule is COc1cc(C=Nc2ccc([C@@H]3Nc4ccc(C)cc4[C@H]4C=CC[C@@H]43)cc2)cc(Br)c1OCc1cc(C)cc(C)c1. The third-order valence-electron chi connectivity index (χ3n) is 8.05. The lowest BCUT2D eigenvalue weighted by atomic mass is 9.76. The first kappa shape index (κ1) is 27.3. The van der Waals surface area contributed by atoms with Gasteiger partial charge in [-0.2, -0.15) is 0 Å². The van der Waals surface area contributed by atoms with Crippen LogP contribution in [0.2, 0.25) is 0 Å². The average molecular weight is 608 g/mol. The predicted molar refractivity (Wildman–Crippen MR) is 172 cm³/mol. The van der Waals surface area contributed by atoms with E-state index in [2.05, 4.69) is 115 Å². The molecule has 0 spiro atoms. The third-order valence-corrected chi connectivity index (χ3v) is 8.64. The number of ether oxygens (including phenoxy) is 2. The molecule has 6 rings (SSSR count). The maximum atomic E-state index is 6.17. The van der Waals surface area contributed by atoms with Gasteiger partial charge in [0, 0.05) is 17.8 Å². The summed E-state index contributed by atoms with van der Waals surface area (Å²) < 4.78 is 12.7. The highest BCUT2D eigenvalue weighted by Gasteiger charge is 2.37. The van der Waals surface area contributed by atoms with E-state index in [9.17, 15) is 0 Å². The molecule has 208 valence electrons. The largest absolute Gasteiger partial charge is 0.493 e. The Labute approximate surface area is 251 Å². The fourth-order valence-corrected chi connectivity index (χ4v) is 6.80. The summed E-state index contributed by atoms with van der Waals surface area (Å²) in [5.74, 6) is 2.35. The number of benzene rings is 4. The Bertz CT molecular complexity index is 1620. The van der Waals surface area contributed by atoms with E-state index in [4.69, 9.17) is 14.5 Å². The number of anilines is 1. The number of fused-ring (bicyclic) bond motifs is 3. The van der Waals surface area contributed by atoms with Crippen molar-refractivity contribution in [3.63, 3.8) is 0 Å².